The largest absolute Gasteiger partial charge is 0.416 e. The molecule has 2 rings (SSSR count). The van der Waals surface area contributed by atoms with Crippen LogP contribution in [0.4, 0.5) is 28.9 Å². The van der Waals surface area contributed by atoms with Crippen molar-refractivity contribution in [2.24, 2.45) is 0 Å². The highest BCUT2D eigenvalue weighted by Gasteiger charge is 2.31. The molecule has 0 fully saturated rings. The highest BCUT2D eigenvalue weighted by Crippen LogP contribution is 2.31. The second-order valence-electron chi connectivity index (χ2n) is 4.74. The Morgan fingerprint density at radius 2 is 1.78 bits per heavy atom. The molecule has 2 nitrogen and oxygen atoms in total. The van der Waals surface area contributed by atoms with Gasteiger partial charge in [0.15, 0.2) is 5.11 Å². The summed E-state index contributed by atoms with van der Waals surface area (Å²) in [4.78, 5) is 0. The van der Waals surface area contributed by atoms with Gasteiger partial charge in [-0.1, -0.05) is 17.7 Å². The van der Waals surface area contributed by atoms with E-state index in [9.17, 15) is 17.6 Å². The molecule has 0 saturated heterocycles. The van der Waals surface area contributed by atoms with E-state index >= 15 is 0 Å². The minimum Gasteiger partial charge on any atom is -0.332 e. The van der Waals surface area contributed by atoms with Gasteiger partial charge in [-0.15, -0.1) is 0 Å². The number of benzene rings is 2. The minimum absolute atomic E-state index is 0.0526. The predicted molar refractivity (Wildman–Crippen MR) is 87.4 cm³/mol. The Morgan fingerprint density at radius 3 is 2.39 bits per heavy atom. The maximum atomic E-state index is 13.6. The molecule has 0 bridgehead atoms. The summed E-state index contributed by atoms with van der Waals surface area (Å²) in [6.07, 6.45) is -4.57. The van der Waals surface area contributed by atoms with Gasteiger partial charge in [-0.05, 0) is 55.0 Å². The fourth-order valence-electron chi connectivity index (χ4n) is 1.75. The molecule has 0 amide bonds. The summed E-state index contributed by atoms with van der Waals surface area (Å²) < 4.78 is 51.6. The standard InChI is InChI=1S/C15H11ClF4N2S/c1-8-2-4-10(7-11(8)16)21-14(23)22-13-6-9(15(18,19)20)3-5-12(13)17/h2-7H,1H3,(H2,21,22,23). The number of hydrogen-bond donors (Lipinski definition) is 2. The van der Waals surface area contributed by atoms with Crippen molar-refractivity contribution >= 4 is 40.3 Å². The van der Waals surface area contributed by atoms with Gasteiger partial charge < -0.3 is 10.6 Å². The Kier molecular flexibility index (Phi) is 5.11. The molecule has 0 radical (unpaired) electrons. The zero-order valence-electron chi connectivity index (χ0n) is 11.8. The van der Waals surface area contributed by atoms with Crippen LogP contribution in [-0.4, -0.2) is 5.11 Å². The Morgan fingerprint density at radius 1 is 1.09 bits per heavy atom. The van der Waals surface area contributed by atoms with Crippen molar-refractivity contribution in [1.82, 2.24) is 0 Å². The van der Waals surface area contributed by atoms with Gasteiger partial charge in [0.05, 0.1) is 11.3 Å². The number of anilines is 2. The molecule has 2 aromatic rings. The molecular formula is C15H11ClF4N2S. The molecule has 0 aliphatic heterocycles. The molecule has 2 aromatic carbocycles. The first kappa shape index (κ1) is 17.5. The Labute approximate surface area is 140 Å². The monoisotopic (exact) mass is 362 g/mol. The first-order valence-electron chi connectivity index (χ1n) is 6.38. The Bertz CT molecular complexity index is 747. The number of rotatable bonds is 2. The van der Waals surface area contributed by atoms with Crippen molar-refractivity contribution in [3.63, 3.8) is 0 Å². The van der Waals surface area contributed by atoms with E-state index in [1.54, 1.807) is 18.2 Å². The number of nitrogens with one attached hydrogen (secondary N) is 2. The lowest BCUT2D eigenvalue weighted by Gasteiger charge is -2.14. The van der Waals surface area contributed by atoms with Gasteiger partial charge >= 0.3 is 6.18 Å². The number of halogens is 5. The van der Waals surface area contributed by atoms with Crippen molar-refractivity contribution in [2.75, 3.05) is 10.6 Å². The van der Waals surface area contributed by atoms with Gasteiger partial charge in [-0.3, -0.25) is 0 Å². The number of aryl methyl sites for hydroxylation is 1. The van der Waals surface area contributed by atoms with Crippen LogP contribution in [0.5, 0.6) is 0 Å². The third-order valence-electron chi connectivity index (χ3n) is 2.97. The maximum Gasteiger partial charge on any atom is 0.416 e. The van der Waals surface area contributed by atoms with E-state index in [0.29, 0.717) is 22.8 Å². The first-order valence-corrected chi connectivity index (χ1v) is 7.16. The molecule has 0 spiro atoms. The highest BCUT2D eigenvalue weighted by molar-refractivity contribution is 7.80. The normalized spacial score (nSPS) is 11.2. The zero-order chi connectivity index (χ0) is 17.2. The summed E-state index contributed by atoms with van der Waals surface area (Å²) in [7, 11) is 0. The van der Waals surface area contributed by atoms with E-state index in [4.69, 9.17) is 23.8 Å². The van der Waals surface area contributed by atoms with Crippen LogP contribution in [0.3, 0.4) is 0 Å². The minimum atomic E-state index is -4.57. The van der Waals surface area contributed by atoms with Gasteiger partial charge in [0.1, 0.15) is 5.82 Å². The zero-order valence-corrected chi connectivity index (χ0v) is 13.3. The molecule has 0 heterocycles. The van der Waals surface area contributed by atoms with Crippen LogP contribution in [-0.2, 0) is 6.18 Å². The number of hydrogen-bond acceptors (Lipinski definition) is 1. The third kappa shape index (κ3) is 4.56. The lowest BCUT2D eigenvalue weighted by molar-refractivity contribution is -0.137. The maximum absolute atomic E-state index is 13.6. The predicted octanol–water partition coefficient (Wildman–Crippen LogP) is 5.62. The highest BCUT2D eigenvalue weighted by atomic mass is 35.5. The Hall–Kier alpha value is -1.86. The van der Waals surface area contributed by atoms with Gasteiger partial charge in [-0.2, -0.15) is 13.2 Å². The molecule has 0 aliphatic carbocycles. The SMILES string of the molecule is Cc1ccc(NC(=S)Nc2cc(C(F)(F)F)ccc2F)cc1Cl. The lowest BCUT2D eigenvalue weighted by atomic mass is 10.2. The van der Waals surface area contributed by atoms with E-state index in [0.717, 1.165) is 11.6 Å². The summed E-state index contributed by atoms with van der Waals surface area (Å²) in [5.74, 6) is -0.843. The van der Waals surface area contributed by atoms with E-state index in [-0.39, 0.29) is 10.8 Å². The molecule has 0 unspecified atom stereocenters. The molecule has 0 aromatic heterocycles. The lowest BCUT2D eigenvalue weighted by Crippen LogP contribution is -2.20. The van der Waals surface area contributed by atoms with Crippen LogP contribution in [0.15, 0.2) is 36.4 Å². The van der Waals surface area contributed by atoms with E-state index < -0.39 is 17.6 Å². The van der Waals surface area contributed by atoms with E-state index in [1.807, 2.05) is 6.92 Å². The quantitative estimate of drug-likeness (QED) is 0.536. The van der Waals surface area contributed by atoms with Crippen LogP contribution in [0.2, 0.25) is 5.02 Å². The average molecular weight is 363 g/mol. The van der Waals surface area contributed by atoms with E-state index in [1.165, 1.54) is 0 Å². The van der Waals surface area contributed by atoms with Crippen molar-refractivity contribution in [3.8, 4) is 0 Å². The summed E-state index contributed by atoms with van der Waals surface area (Å²) in [6, 6.07) is 7.10. The molecule has 122 valence electrons. The van der Waals surface area contributed by atoms with Gasteiger partial charge in [0.25, 0.3) is 0 Å². The van der Waals surface area contributed by atoms with Crippen molar-refractivity contribution < 1.29 is 17.6 Å². The van der Waals surface area contributed by atoms with Crippen molar-refractivity contribution in [2.45, 2.75) is 13.1 Å². The smallest absolute Gasteiger partial charge is 0.332 e. The molecule has 0 saturated carbocycles. The summed E-state index contributed by atoms with van der Waals surface area (Å²) in [5.41, 5.74) is 0.0589. The second-order valence-corrected chi connectivity index (χ2v) is 5.55. The van der Waals surface area contributed by atoms with Crippen LogP contribution in [0, 0.1) is 12.7 Å². The molecule has 8 heteroatoms. The number of alkyl halides is 3. The van der Waals surface area contributed by atoms with Gasteiger partial charge in [-0.25, -0.2) is 4.39 Å². The second kappa shape index (κ2) is 6.72. The summed E-state index contributed by atoms with van der Waals surface area (Å²) in [5, 5.41) is 5.59. The summed E-state index contributed by atoms with van der Waals surface area (Å²) >= 11 is 10.9. The Balaban J connectivity index is 2.15. The molecule has 0 aliphatic rings. The molecule has 2 N–H and O–H groups in total. The average Bonchev–Trinajstić information content (AvgIpc) is 2.44. The van der Waals surface area contributed by atoms with Gasteiger partial charge in [0.2, 0.25) is 0 Å². The summed E-state index contributed by atoms with van der Waals surface area (Å²) in [6.45, 7) is 1.82. The number of thiocarbonyl (C=S) groups is 1. The fourth-order valence-corrected chi connectivity index (χ4v) is 2.16. The molecule has 23 heavy (non-hydrogen) atoms. The third-order valence-corrected chi connectivity index (χ3v) is 3.58. The van der Waals surface area contributed by atoms with Crippen molar-refractivity contribution in [1.29, 1.82) is 0 Å². The first-order chi connectivity index (χ1) is 10.7. The fraction of sp³-hybridized carbons (Fsp3) is 0.133. The molecule has 0 atom stereocenters. The van der Waals surface area contributed by atoms with Crippen LogP contribution >= 0.6 is 23.8 Å². The van der Waals surface area contributed by atoms with Gasteiger partial charge in [0, 0.05) is 10.7 Å². The van der Waals surface area contributed by atoms with Crippen LogP contribution in [0.1, 0.15) is 11.1 Å². The van der Waals surface area contributed by atoms with Crippen molar-refractivity contribution in [3.05, 3.63) is 58.4 Å². The van der Waals surface area contributed by atoms with Crippen LogP contribution < -0.4 is 10.6 Å². The molecular weight excluding hydrogens is 352 g/mol. The van der Waals surface area contributed by atoms with Crippen LogP contribution in [0.25, 0.3) is 0 Å². The topological polar surface area (TPSA) is 24.1 Å². The van der Waals surface area contributed by atoms with E-state index in [2.05, 4.69) is 10.6 Å².